The largest absolute Gasteiger partial charge is 0.497 e. The smallest absolute Gasteiger partial charge is 0.453 e. The van der Waals surface area contributed by atoms with Gasteiger partial charge in [-0.3, -0.25) is 4.90 Å². The van der Waals surface area contributed by atoms with Crippen molar-refractivity contribution in [1.82, 2.24) is 24.7 Å². The van der Waals surface area contributed by atoms with Gasteiger partial charge in [-0.05, 0) is 41.7 Å². The van der Waals surface area contributed by atoms with Gasteiger partial charge in [0.05, 0.1) is 7.11 Å². The molecule has 4 heterocycles. The third-order valence-electron chi connectivity index (χ3n) is 5.93. The highest BCUT2D eigenvalue weighted by molar-refractivity contribution is 5.47. The first-order valence-corrected chi connectivity index (χ1v) is 9.80. The van der Waals surface area contributed by atoms with Crippen molar-refractivity contribution in [2.24, 2.45) is 11.8 Å². The fraction of sp³-hybridized carbons (Fsp3) is 0.450. The third kappa shape index (κ3) is 3.45. The highest BCUT2D eigenvalue weighted by Crippen LogP contribution is 2.34. The Hall–Kier alpha value is -2.88. The number of aromatic nitrogens is 4. The van der Waals surface area contributed by atoms with E-state index in [0.717, 1.165) is 43.0 Å². The van der Waals surface area contributed by atoms with Crippen LogP contribution in [0.5, 0.6) is 5.75 Å². The zero-order valence-corrected chi connectivity index (χ0v) is 16.4. The second kappa shape index (κ2) is 7.12. The van der Waals surface area contributed by atoms with Crippen LogP contribution in [0.1, 0.15) is 11.4 Å². The van der Waals surface area contributed by atoms with Crippen LogP contribution in [-0.4, -0.2) is 58.0 Å². The highest BCUT2D eigenvalue weighted by atomic mass is 19.4. The number of likely N-dealkylation sites (tertiary alicyclic amines) is 1. The number of alkyl halides is 3. The summed E-state index contributed by atoms with van der Waals surface area (Å²) < 4.78 is 45.5. The van der Waals surface area contributed by atoms with Crippen LogP contribution in [-0.2, 0) is 12.7 Å². The minimum atomic E-state index is -4.59. The summed E-state index contributed by atoms with van der Waals surface area (Å²) >= 11 is 0. The van der Waals surface area contributed by atoms with Gasteiger partial charge in [0.25, 0.3) is 5.82 Å². The van der Waals surface area contributed by atoms with Gasteiger partial charge in [-0.1, -0.05) is 12.1 Å². The number of hydrogen-bond acceptors (Lipinski definition) is 6. The van der Waals surface area contributed by atoms with Crippen LogP contribution in [0.4, 0.5) is 19.0 Å². The number of nitrogens with zero attached hydrogens (tertiary/aromatic N) is 6. The Bertz CT molecular complexity index is 1050. The highest BCUT2D eigenvalue weighted by Gasteiger charge is 2.41. The lowest BCUT2D eigenvalue weighted by Gasteiger charge is -2.22. The van der Waals surface area contributed by atoms with E-state index in [1.165, 1.54) is 11.6 Å². The molecule has 2 fully saturated rings. The molecule has 0 saturated carbocycles. The van der Waals surface area contributed by atoms with E-state index in [9.17, 15) is 13.2 Å². The summed E-state index contributed by atoms with van der Waals surface area (Å²) in [7, 11) is 1.66. The molecular weight excluding hydrogens is 397 g/mol. The van der Waals surface area contributed by atoms with Crippen LogP contribution in [0.25, 0.3) is 5.65 Å². The maximum atomic E-state index is 13.1. The zero-order valence-electron chi connectivity index (χ0n) is 16.4. The fourth-order valence-corrected chi connectivity index (χ4v) is 4.56. The summed E-state index contributed by atoms with van der Waals surface area (Å²) in [4.78, 5) is 4.50. The second-order valence-electron chi connectivity index (χ2n) is 7.95. The van der Waals surface area contributed by atoms with Crippen LogP contribution in [0.2, 0.25) is 0 Å². The second-order valence-corrected chi connectivity index (χ2v) is 7.95. The average molecular weight is 418 g/mol. The molecule has 0 amide bonds. The van der Waals surface area contributed by atoms with Gasteiger partial charge >= 0.3 is 6.18 Å². The Kier molecular flexibility index (Phi) is 4.53. The average Bonchev–Trinajstić information content (AvgIpc) is 3.39. The Balaban J connectivity index is 1.27. The van der Waals surface area contributed by atoms with Crippen molar-refractivity contribution in [2.45, 2.75) is 12.7 Å². The molecule has 0 spiro atoms. The predicted octanol–water partition coefficient (Wildman–Crippen LogP) is 2.72. The normalized spacial score (nSPS) is 22.1. The standard InChI is InChI=1S/C20H21F3N6O/c1-30-16-4-2-3-13(7-16)8-27-9-14-11-28(12-15(14)10-27)18-6-5-17-24-25-19(20(21,22)23)29(17)26-18/h2-7,14-15H,8-12H2,1H3. The maximum Gasteiger partial charge on any atom is 0.453 e. The van der Waals surface area contributed by atoms with E-state index in [-0.39, 0.29) is 5.65 Å². The quantitative estimate of drug-likeness (QED) is 0.650. The van der Waals surface area contributed by atoms with E-state index in [1.54, 1.807) is 13.2 Å². The molecule has 30 heavy (non-hydrogen) atoms. The minimum absolute atomic E-state index is 0.0925. The molecule has 7 nitrogen and oxygen atoms in total. The number of methoxy groups -OCH3 is 1. The number of halogens is 3. The lowest BCUT2D eigenvalue weighted by Crippen LogP contribution is -2.29. The molecule has 0 radical (unpaired) electrons. The molecule has 0 N–H and O–H groups in total. The van der Waals surface area contributed by atoms with Crippen LogP contribution >= 0.6 is 0 Å². The Morgan fingerprint density at radius 3 is 2.50 bits per heavy atom. The van der Waals surface area contributed by atoms with Crippen molar-refractivity contribution in [1.29, 1.82) is 0 Å². The number of rotatable bonds is 4. The monoisotopic (exact) mass is 418 g/mol. The van der Waals surface area contributed by atoms with Gasteiger partial charge in [-0.15, -0.1) is 15.3 Å². The number of hydrogen-bond donors (Lipinski definition) is 0. The lowest BCUT2D eigenvalue weighted by atomic mass is 10.0. The van der Waals surface area contributed by atoms with E-state index in [0.29, 0.717) is 17.7 Å². The summed E-state index contributed by atoms with van der Waals surface area (Å²) in [6.45, 7) is 4.34. The lowest BCUT2D eigenvalue weighted by molar-refractivity contribution is -0.146. The molecule has 10 heteroatoms. The first-order valence-electron chi connectivity index (χ1n) is 9.80. The summed E-state index contributed by atoms with van der Waals surface area (Å²) in [5, 5.41) is 11.0. The predicted molar refractivity (Wildman–Crippen MR) is 103 cm³/mol. The molecule has 3 aromatic rings. The van der Waals surface area contributed by atoms with Crippen molar-refractivity contribution in [2.75, 3.05) is 38.2 Å². The molecule has 0 aliphatic carbocycles. The third-order valence-corrected chi connectivity index (χ3v) is 5.93. The minimum Gasteiger partial charge on any atom is -0.497 e. The number of ether oxygens (including phenoxy) is 1. The molecular formula is C20H21F3N6O. The van der Waals surface area contributed by atoms with Crippen molar-refractivity contribution >= 4 is 11.5 Å². The van der Waals surface area contributed by atoms with Gasteiger partial charge in [-0.25, -0.2) is 0 Å². The number of fused-ring (bicyclic) bond motifs is 2. The maximum absolute atomic E-state index is 13.1. The van der Waals surface area contributed by atoms with E-state index in [1.807, 2.05) is 12.1 Å². The van der Waals surface area contributed by atoms with Crippen LogP contribution in [0.3, 0.4) is 0 Å². The van der Waals surface area contributed by atoms with E-state index >= 15 is 0 Å². The molecule has 2 aliphatic heterocycles. The van der Waals surface area contributed by atoms with Crippen molar-refractivity contribution in [3.63, 3.8) is 0 Å². The van der Waals surface area contributed by atoms with Gasteiger partial charge in [0.2, 0.25) is 0 Å². The van der Waals surface area contributed by atoms with Gasteiger partial charge in [0, 0.05) is 32.7 Å². The van der Waals surface area contributed by atoms with Crippen LogP contribution < -0.4 is 9.64 Å². The van der Waals surface area contributed by atoms with Crippen molar-refractivity contribution < 1.29 is 17.9 Å². The Morgan fingerprint density at radius 1 is 1.03 bits per heavy atom. The summed E-state index contributed by atoms with van der Waals surface area (Å²) in [6.07, 6.45) is -4.59. The molecule has 1 aromatic carbocycles. The molecule has 0 bridgehead atoms. The Morgan fingerprint density at radius 2 is 1.80 bits per heavy atom. The number of anilines is 1. The van der Waals surface area contributed by atoms with Gasteiger partial charge < -0.3 is 9.64 Å². The first-order chi connectivity index (χ1) is 14.4. The summed E-state index contributed by atoms with van der Waals surface area (Å²) in [5.41, 5.74) is 1.31. The molecule has 5 rings (SSSR count). The zero-order chi connectivity index (χ0) is 20.9. The molecule has 2 aromatic heterocycles. The fourth-order valence-electron chi connectivity index (χ4n) is 4.56. The molecule has 2 aliphatic rings. The first kappa shape index (κ1) is 19.1. The van der Waals surface area contributed by atoms with Crippen LogP contribution in [0, 0.1) is 11.8 Å². The van der Waals surface area contributed by atoms with Crippen molar-refractivity contribution in [3.8, 4) is 5.75 Å². The van der Waals surface area contributed by atoms with Crippen molar-refractivity contribution in [3.05, 3.63) is 47.8 Å². The SMILES string of the molecule is COc1cccc(CN2CC3CN(c4ccc5nnc(C(F)(F)F)n5n4)CC3C2)c1. The van der Waals surface area contributed by atoms with Crippen LogP contribution in [0.15, 0.2) is 36.4 Å². The van der Waals surface area contributed by atoms with Gasteiger partial charge in [-0.2, -0.15) is 17.7 Å². The summed E-state index contributed by atoms with van der Waals surface area (Å²) in [5.74, 6) is 1.23. The van der Waals surface area contributed by atoms with E-state index in [2.05, 4.69) is 37.2 Å². The number of benzene rings is 1. The molecule has 158 valence electrons. The molecule has 2 saturated heterocycles. The molecule has 2 unspecified atom stereocenters. The van der Waals surface area contributed by atoms with E-state index in [4.69, 9.17) is 4.74 Å². The van der Waals surface area contributed by atoms with Gasteiger partial charge in [0.1, 0.15) is 11.6 Å². The topological polar surface area (TPSA) is 58.8 Å². The van der Waals surface area contributed by atoms with Gasteiger partial charge in [0.15, 0.2) is 5.65 Å². The van der Waals surface area contributed by atoms with E-state index < -0.39 is 12.0 Å². The Labute approximate surface area is 171 Å². The molecule has 2 atom stereocenters. The summed E-state index contributed by atoms with van der Waals surface area (Å²) in [6, 6.07) is 11.3.